The number of nitrogens with one attached hydrogen (secondary N) is 1. The molecule has 136 valence electrons. The van der Waals surface area contributed by atoms with Gasteiger partial charge >= 0.3 is 6.09 Å². The lowest BCUT2D eigenvalue weighted by Gasteiger charge is -2.34. The van der Waals surface area contributed by atoms with Crippen LogP contribution in [0.4, 0.5) is 10.6 Å². The summed E-state index contributed by atoms with van der Waals surface area (Å²) in [4.78, 5) is 14.0. The molecule has 8 nitrogen and oxygen atoms in total. The molecule has 0 aromatic carbocycles. The summed E-state index contributed by atoms with van der Waals surface area (Å²) < 4.78 is 11.3. The smallest absolute Gasteiger partial charge is 0.410 e. The minimum Gasteiger partial charge on any atom is -0.444 e. The minimum absolute atomic E-state index is 0.0641. The summed E-state index contributed by atoms with van der Waals surface area (Å²) >= 11 is 3.32. The van der Waals surface area contributed by atoms with Gasteiger partial charge in [0.25, 0.3) is 0 Å². The predicted molar refractivity (Wildman–Crippen MR) is 96.5 cm³/mol. The molecule has 0 radical (unpaired) electrons. The number of piperidine rings is 1. The molecule has 9 heteroatoms. The Bertz CT molecular complexity index is 786. The van der Waals surface area contributed by atoms with Crippen LogP contribution in [0, 0.1) is 6.92 Å². The van der Waals surface area contributed by atoms with Gasteiger partial charge in [-0.1, -0.05) is 5.16 Å². The van der Waals surface area contributed by atoms with Gasteiger partial charge in [0, 0.05) is 19.1 Å². The first-order chi connectivity index (χ1) is 11.7. The predicted octanol–water partition coefficient (Wildman–Crippen LogP) is 3.50. The van der Waals surface area contributed by atoms with Gasteiger partial charge in [0.2, 0.25) is 5.58 Å². The number of fused-ring (bicyclic) bond motifs is 1. The number of carbonyl (C=O) groups is 1. The zero-order valence-electron chi connectivity index (χ0n) is 14.8. The van der Waals surface area contributed by atoms with Crippen LogP contribution in [0.2, 0.25) is 0 Å². The van der Waals surface area contributed by atoms with Crippen molar-refractivity contribution >= 4 is 38.8 Å². The van der Waals surface area contributed by atoms with Crippen LogP contribution in [0.5, 0.6) is 0 Å². The van der Waals surface area contributed by atoms with Crippen LogP contribution in [0.15, 0.2) is 9.13 Å². The van der Waals surface area contributed by atoms with E-state index in [1.54, 1.807) is 4.90 Å². The van der Waals surface area contributed by atoms with Crippen molar-refractivity contribution in [2.75, 3.05) is 18.4 Å². The van der Waals surface area contributed by atoms with E-state index in [9.17, 15) is 4.79 Å². The Balaban J connectivity index is 1.74. The summed E-state index contributed by atoms with van der Waals surface area (Å²) in [7, 11) is 0. The van der Waals surface area contributed by atoms with E-state index < -0.39 is 5.60 Å². The molecule has 25 heavy (non-hydrogen) atoms. The lowest BCUT2D eigenvalue weighted by Crippen LogP contribution is -2.47. The third-order valence-corrected chi connectivity index (χ3v) is 4.46. The first kappa shape index (κ1) is 17.9. The zero-order chi connectivity index (χ0) is 18.2. The highest BCUT2D eigenvalue weighted by Gasteiger charge is 2.28. The number of hydrogen-bond acceptors (Lipinski definition) is 7. The van der Waals surface area contributed by atoms with E-state index in [2.05, 4.69) is 36.6 Å². The van der Waals surface area contributed by atoms with Crippen LogP contribution in [0.3, 0.4) is 0 Å². The number of anilines is 1. The van der Waals surface area contributed by atoms with Crippen molar-refractivity contribution < 1.29 is 14.1 Å². The second-order valence-corrected chi connectivity index (χ2v) is 7.97. The van der Waals surface area contributed by atoms with E-state index in [-0.39, 0.29) is 12.1 Å². The molecule has 3 rings (SSSR count). The van der Waals surface area contributed by atoms with Gasteiger partial charge < -0.3 is 19.5 Å². The van der Waals surface area contributed by atoms with Crippen molar-refractivity contribution in [2.45, 2.75) is 52.2 Å². The average Bonchev–Trinajstić information content (AvgIpc) is 2.92. The second kappa shape index (κ2) is 6.78. The van der Waals surface area contributed by atoms with E-state index in [1.807, 2.05) is 27.7 Å². The molecular formula is C16H22BrN5O3. The second-order valence-electron chi connectivity index (χ2n) is 7.22. The third kappa shape index (κ3) is 4.02. The molecule has 1 amide bonds. The number of ether oxygens (including phenoxy) is 1. The highest BCUT2D eigenvalue weighted by atomic mass is 79.9. The fourth-order valence-electron chi connectivity index (χ4n) is 2.86. The van der Waals surface area contributed by atoms with E-state index in [0.717, 1.165) is 23.9 Å². The molecule has 2 aromatic heterocycles. The van der Waals surface area contributed by atoms with Crippen LogP contribution in [0.25, 0.3) is 11.0 Å². The highest BCUT2D eigenvalue weighted by molar-refractivity contribution is 9.10. The van der Waals surface area contributed by atoms with Gasteiger partial charge in [0.15, 0.2) is 10.4 Å². The number of halogens is 1. The molecule has 0 saturated carbocycles. The van der Waals surface area contributed by atoms with Gasteiger partial charge in [-0.2, -0.15) is 0 Å². The normalized spacial score (nSPS) is 18.4. The maximum absolute atomic E-state index is 12.3. The minimum atomic E-state index is -0.500. The van der Waals surface area contributed by atoms with E-state index in [4.69, 9.17) is 9.26 Å². The molecule has 0 bridgehead atoms. The third-order valence-electron chi connectivity index (χ3n) is 3.94. The summed E-state index contributed by atoms with van der Waals surface area (Å²) in [5.74, 6) is 0.619. The van der Waals surface area contributed by atoms with Crippen LogP contribution in [0.1, 0.15) is 39.3 Å². The monoisotopic (exact) mass is 411 g/mol. The van der Waals surface area contributed by atoms with E-state index in [1.165, 1.54) is 0 Å². The molecule has 1 fully saturated rings. The fourth-order valence-corrected chi connectivity index (χ4v) is 3.21. The van der Waals surface area contributed by atoms with E-state index >= 15 is 0 Å². The zero-order valence-corrected chi connectivity index (χ0v) is 16.4. The standard InChI is InChI=1S/C16H22BrN5O3/c1-9-11-12(25-21-9)13(17)19-20-14(11)18-10-6-5-7-22(8-10)15(23)24-16(2,3)4/h10H,5-8H2,1-4H3,(H,18,20)/t10-/m1/s1. The van der Waals surface area contributed by atoms with Crippen molar-refractivity contribution in [3.8, 4) is 0 Å². The lowest BCUT2D eigenvalue weighted by atomic mass is 10.1. The molecule has 0 unspecified atom stereocenters. The van der Waals surface area contributed by atoms with Gasteiger partial charge in [0.1, 0.15) is 5.60 Å². The summed E-state index contributed by atoms with van der Waals surface area (Å²) in [6.07, 6.45) is 1.54. The quantitative estimate of drug-likeness (QED) is 0.807. The number of amides is 1. The molecule has 1 saturated heterocycles. The Labute approximate surface area is 154 Å². The number of likely N-dealkylation sites (tertiary alicyclic amines) is 1. The SMILES string of the molecule is Cc1noc2c(Br)nnc(N[C@@H]3CCCN(C(=O)OC(C)(C)C)C3)c12. The Morgan fingerprint density at radius 3 is 2.88 bits per heavy atom. The highest BCUT2D eigenvalue weighted by Crippen LogP contribution is 2.30. The molecule has 1 N–H and O–H groups in total. The van der Waals surface area contributed by atoms with E-state index in [0.29, 0.717) is 29.1 Å². The van der Waals surface area contributed by atoms with Crippen molar-refractivity contribution in [2.24, 2.45) is 0 Å². The summed E-state index contributed by atoms with van der Waals surface area (Å²) in [6.45, 7) is 8.71. The van der Waals surface area contributed by atoms with Gasteiger partial charge in [-0.25, -0.2) is 4.79 Å². The number of carbonyl (C=O) groups excluding carboxylic acids is 1. The summed E-state index contributed by atoms with van der Waals surface area (Å²) in [6, 6.07) is 0.0641. The molecule has 2 aromatic rings. The number of aryl methyl sites for hydroxylation is 1. The number of aromatic nitrogens is 3. The molecule has 0 aliphatic carbocycles. The number of hydrogen-bond donors (Lipinski definition) is 1. The van der Waals surface area contributed by atoms with Crippen molar-refractivity contribution in [3.63, 3.8) is 0 Å². The first-order valence-electron chi connectivity index (χ1n) is 8.27. The molecule has 3 heterocycles. The molecule has 1 atom stereocenters. The number of nitrogens with zero attached hydrogens (tertiary/aromatic N) is 4. The van der Waals surface area contributed by atoms with Crippen LogP contribution in [-0.4, -0.2) is 51.1 Å². The molecular weight excluding hydrogens is 390 g/mol. The largest absolute Gasteiger partial charge is 0.444 e. The Hall–Kier alpha value is -1.90. The molecule has 1 aliphatic rings. The van der Waals surface area contributed by atoms with Crippen molar-refractivity contribution in [1.82, 2.24) is 20.3 Å². The topological polar surface area (TPSA) is 93.4 Å². The molecule has 0 spiro atoms. The Kier molecular flexibility index (Phi) is 4.86. The van der Waals surface area contributed by atoms with Crippen LogP contribution in [-0.2, 0) is 4.74 Å². The van der Waals surface area contributed by atoms with Gasteiger partial charge in [-0.15, -0.1) is 10.2 Å². The van der Waals surface area contributed by atoms with Gasteiger partial charge in [0.05, 0.1) is 11.1 Å². The van der Waals surface area contributed by atoms with Crippen LogP contribution < -0.4 is 5.32 Å². The van der Waals surface area contributed by atoms with Gasteiger partial charge in [-0.05, 0) is 56.5 Å². The van der Waals surface area contributed by atoms with Gasteiger partial charge in [-0.3, -0.25) is 0 Å². The Morgan fingerprint density at radius 2 is 2.16 bits per heavy atom. The summed E-state index contributed by atoms with van der Waals surface area (Å²) in [5.41, 5.74) is 0.808. The number of rotatable bonds is 2. The average molecular weight is 412 g/mol. The summed E-state index contributed by atoms with van der Waals surface area (Å²) in [5, 5.41) is 16.4. The fraction of sp³-hybridized carbons (Fsp3) is 0.625. The van der Waals surface area contributed by atoms with Crippen molar-refractivity contribution in [1.29, 1.82) is 0 Å². The maximum atomic E-state index is 12.3. The Morgan fingerprint density at radius 1 is 1.40 bits per heavy atom. The van der Waals surface area contributed by atoms with Crippen molar-refractivity contribution in [3.05, 3.63) is 10.3 Å². The first-order valence-corrected chi connectivity index (χ1v) is 9.06. The maximum Gasteiger partial charge on any atom is 0.410 e. The van der Waals surface area contributed by atoms with Crippen LogP contribution >= 0.6 is 15.9 Å². The lowest BCUT2D eigenvalue weighted by molar-refractivity contribution is 0.0206. The molecule has 1 aliphatic heterocycles.